The van der Waals surface area contributed by atoms with Crippen LogP contribution in [0.2, 0.25) is 0 Å². The van der Waals surface area contributed by atoms with Gasteiger partial charge in [-0.2, -0.15) is 5.26 Å². The second-order valence-corrected chi connectivity index (χ2v) is 3.17. The van der Waals surface area contributed by atoms with Gasteiger partial charge < -0.3 is 5.41 Å². The normalized spacial score (nSPS) is 39.7. The highest BCUT2D eigenvalue weighted by Gasteiger charge is 2.34. The number of hydrogen-bond acceptors (Lipinski definition) is 2. The molecular weight excluding hydrogens is 124 g/mol. The van der Waals surface area contributed by atoms with Crippen molar-refractivity contribution >= 4 is 5.71 Å². The van der Waals surface area contributed by atoms with Crippen molar-refractivity contribution in [3.05, 3.63) is 0 Å². The Morgan fingerprint density at radius 3 is 2.40 bits per heavy atom. The lowest BCUT2D eigenvalue weighted by Gasteiger charge is -2.08. The van der Waals surface area contributed by atoms with E-state index in [1.807, 2.05) is 0 Å². The maximum Gasteiger partial charge on any atom is 0.0866 e. The lowest BCUT2D eigenvalue weighted by atomic mass is 9.93. The van der Waals surface area contributed by atoms with Gasteiger partial charge in [0.2, 0.25) is 0 Å². The molecule has 0 bridgehead atoms. The Bertz CT molecular complexity index is 190. The predicted octanol–water partition coefficient (Wildman–Crippen LogP) is 1.82. The van der Waals surface area contributed by atoms with Gasteiger partial charge in [0.25, 0.3) is 0 Å². The van der Waals surface area contributed by atoms with Gasteiger partial charge in [0.15, 0.2) is 0 Å². The zero-order chi connectivity index (χ0) is 7.72. The van der Waals surface area contributed by atoms with Gasteiger partial charge >= 0.3 is 0 Å². The summed E-state index contributed by atoms with van der Waals surface area (Å²) in [6.45, 7) is 4.16. The first-order valence-electron chi connectivity index (χ1n) is 3.63. The molecule has 0 saturated heterocycles. The minimum atomic E-state index is -0.102. The van der Waals surface area contributed by atoms with Crippen molar-refractivity contribution in [2.24, 2.45) is 17.8 Å². The summed E-state index contributed by atoms with van der Waals surface area (Å²) >= 11 is 0. The van der Waals surface area contributed by atoms with Gasteiger partial charge in [-0.25, -0.2) is 0 Å². The van der Waals surface area contributed by atoms with Crippen LogP contribution in [0, 0.1) is 34.5 Å². The highest BCUT2D eigenvalue weighted by molar-refractivity contribution is 5.88. The molecule has 10 heavy (non-hydrogen) atoms. The number of nitrogens with one attached hydrogen (secondary N) is 1. The Balaban J connectivity index is 2.76. The zero-order valence-electron chi connectivity index (χ0n) is 6.39. The molecule has 1 aliphatic carbocycles. The van der Waals surface area contributed by atoms with Gasteiger partial charge in [-0.15, -0.1) is 0 Å². The van der Waals surface area contributed by atoms with Gasteiger partial charge in [0.1, 0.15) is 0 Å². The van der Waals surface area contributed by atoms with Gasteiger partial charge in [-0.05, 0) is 18.3 Å². The molecule has 0 amide bonds. The van der Waals surface area contributed by atoms with Crippen molar-refractivity contribution < 1.29 is 0 Å². The lowest BCUT2D eigenvalue weighted by molar-refractivity contribution is 0.417. The molecule has 0 aromatic rings. The maximum atomic E-state index is 8.63. The van der Waals surface area contributed by atoms with Gasteiger partial charge in [-0.1, -0.05) is 13.8 Å². The van der Waals surface area contributed by atoms with Crippen LogP contribution in [-0.2, 0) is 0 Å². The molecule has 0 aromatic heterocycles. The second-order valence-electron chi connectivity index (χ2n) is 3.17. The molecule has 0 aliphatic heterocycles. The van der Waals surface area contributed by atoms with Crippen LogP contribution in [0.4, 0.5) is 0 Å². The molecule has 2 heteroatoms. The first kappa shape index (κ1) is 7.27. The first-order valence-corrected chi connectivity index (χ1v) is 3.63. The van der Waals surface area contributed by atoms with E-state index < -0.39 is 0 Å². The lowest BCUT2D eigenvalue weighted by Crippen LogP contribution is -2.10. The third kappa shape index (κ3) is 0.923. The number of nitriles is 1. The van der Waals surface area contributed by atoms with Crippen LogP contribution in [-0.4, -0.2) is 5.71 Å². The van der Waals surface area contributed by atoms with Crippen molar-refractivity contribution in [3.8, 4) is 6.07 Å². The average molecular weight is 136 g/mol. The Morgan fingerprint density at radius 1 is 1.60 bits per heavy atom. The highest BCUT2D eigenvalue weighted by atomic mass is 14.5. The summed E-state index contributed by atoms with van der Waals surface area (Å²) in [5, 5.41) is 16.1. The fraction of sp³-hybridized carbons (Fsp3) is 0.750. The zero-order valence-corrected chi connectivity index (χ0v) is 6.39. The van der Waals surface area contributed by atoms with Crippen molar-refractivity contribution in [3.63, 3.8) is 0 Å². The van der Waals surface area contributed by atoms with E-state index in [1.165, 1.54) is 0 Å². The van der Waals surface area contributed by atoms with E-state index in [4.69, 9.17) is 10.7 Å². The molecule has 54 valence electrons. The summed E-state index contributed by atoms with van der Waals surface area (Å²) in [4.78, 5) is 0. The van der Waals surface area contributed by atoms with Crippen molar-refractivity contribution in [2.75, 3.05) is 0 Å². The summed E-state index contributed by atoms with van der Waals surface area (Å²) < 4.78 is 0. The van der Waals surface area contributed by atoms with Gasteiger partial charge in [-0.3, -0.25) is 0 Å². The second kappa shape index (κ2) is 2.42. The van der Waals surface area contributed by atoms with E-state index in [1.54, 1.807) is 0 Å². The Hall–Kier alpha value is -0.840. The van der Waals surface area contributed by atoms with E-state index >= 15 is 0 Å². The summed E-state index contributed by atoms with van der Waals surface area (Å²) in [6.07, 6.45) is 0.819. The third-order valence-corrected chi connectivity index (χ3v) is 2.48. The van der Waals surface area contributed by atoms with E-state index in [0.717, 1.165) is 6.42 Å². The largest absolute Gasteiger partial charge is 0.308 e. The first-order chi connectivity index (χ1) is 4.66. The number of rotatable bonds is 0. The van der Waals surface area contributed by atoms with Crippen LogP contribution in [0.5, 0.6) is 0 Å². The third-order valence-electron chi connectivity index (χ3n) is 2.48. The number of nitrogens with zero attached hydrogens (tertiary/aromatic N) is 1. The monoisotopic (exact) mass is 136 g/mol. The molecule has 0 aromatic carbocycles. The minimum Gasteiger partial charge on any atom is -0.308 e. The molecular formula is C8H12N2. The smallest absolute Gasteiger partial charge is 0.0866 e. The Kier molecular flexibility index (Phi) is 1.76. The molecule has 1 aliphatic rings. The van der Waals surface area contributed by atoms with Crippen molar-refractivity contribution in [1.29, 1.82) is 10.7 Å². The highest BCUT2D eigenvalue weighted by Crippen LogP contribution is 2.33. The average Bonchev–Trinajstić information content (AvgIpc) is 2.09. The molecule has 0 radical (unpaired) electrons. The van der Waals surface area contributed by atoms with Crippen LogP contribution >= 0.6 is 0 Å². The van der Waals surface area contributed by atoms with Gasteiger partial charge in [0, 0.05) is 5.71 Å². The summed E-state index contributed by atoms with van der Waals surface area (Å²) in [6, 6.07) is 2.17. The van der Waals surface area contributed by atoms with E-state index in [-0.39, 0.29) is 5.92 Å². The van der Waals surface area contributed by atoms with Crippen LogP contribution in [0.15, 0.2) is 0 Å². The van der Waals surface area contributed by atoms with Crippen LogP contribution in [0.25, 0.3) is 0 Å². The predicted molar refractivity (Wildman–Crippen MR) is 39.8 cm³/mol. The fourth-order valence-electron chi connectivity index (χ4n) is 1.50. The summed E-state index contributed by atoms with van der Waals surface area (Å²) in [5.41, 5.74) is 0.627. The molecule has 0 spiro atoms. The van der Waals surface area contributed by atoms with E-state index in [0.29, 0.717) is 17.5 Å². The summed E-state index contributed by atoms with van der Waals surface area (Å²) in [5.74, 6) is 0.810. The number of hydrogen-bond donors (Lipinski definition) is 1. The van der Waals surface area contributed by atoms with Crippen LogP contribution in [0.3, 0.4) is 0 Å². The quantitative estimate of drug-likeness (QED) is 0.542. The van der Waals surface area contributed by atoms with Gasteiger partial charge in [0.05, 0.1) is 12.0 Å². The maximum absolute atomic E-state index is 8.63. The molecule has 3 atom stereocenters. The molecule has 0 heterocycles. The SMILES string of the molecule is CC1CC(=N)C(C#N)C1C. The Morgan fingerprint density at radius 2 is 2.20 bits per heavy atom. The van der Waals surface area contributed by atoms with Crippen LogP contribution in [0.1, 0.15) is 20.3 Å². The molecule has 3 unspecified atom stereocenters. The van der Waals surface area contributed by atoms with Crippen molar-refractivity contribution in [1.82, 2.24) is 0 Å². The molecule has 1 fully saturated rings. The Labute approximate surface area is 61.4 Å². The molecule has 1 saturated carbocycles. The molecule has 1 N–H and O–H groups in total. The van der Waals surface area contributed by atoms with E-state index in [2.05, 4.69) is 19.9 Å². The fourth-order valence-corrected chi connectivity index (χ4v) is 1.50. The minimum absolute atomic E-state index is 0.102. The van der Waals surface area contributed by atoms with Crippen LogP contribution < -0.4 is 0 Å². The van der Waals surface area contributed by atoms with E-state index in [9.17, 15) is 0 Å². The topological polar surface area (TPSA) is 47.6 Å². The summed E-state index contributed by atoms with van der Waals surface area (Å²) in [7, 11) is 0. The standard InChI is InChI=1S/C8H12N2/c1-5-3-8(10)7(4-9)6(5)2/h5-7,10H,3H2,1-2H3. The molecule has 1 rings (SSSR count). The molecule has 2 nitrogen and oxygen atoms in total. The van der Waals surface area contributed by atoms with Crippen molar-refractivity contribution in [2.45, 2.75) is 20.3 Å².